The van der Waals surface area contributed by atoms with Crippen LogP contribution in [0.15, 0.2) is 24.3 Å². The number of carbonyl (C=O) groups excluding carboxylic acids is 1. The van der Waals surface area contributed by atoms with Gasteiger partial charge in [0.25, 0.3) is 5.91 Å². The largest absolute Gasteiger partial charge is 0.481 e. The van der Waals surface area contributed by atoms with Crippen LogP contribution in [0.5, 0.6) is 5.75 Å². The third kappa shape index (κ3) is 4.39. The molecule has 1 amide bonds. The van der Waals surface area contributed by atoms with Crippen LogP contribution >= 0.6 is 11.6 Å². The van der Waals surface area contributed by atoms with Crippen molar-refractivity contribution >= 4 is 17.5 Å². The number of carbonyl (C=O) groups is 1. The van der Waals surface area contributed by atoms with E-state index in [2.05, 4.69) is 5.32 Å². The van der Waals surface area contributed by atoms with E-state index >= 15 is 0 Å². The van der Waals surface area contributed by atoms with Crippen molar-refractivity contribution in [1.29, 1.82) is 0 Å². The summed E-state index contributed by atoms with van der Waals surface area (Å²) in [5.74, 6) is 0.500. The van der Waals surface area contributed by atoms with Gasteiger partial charge in [0, 0.05) is 18.2 Å². The molecule has 0 spiro atoms. The summed E-state index contributed by atoms with van der Waals surface area (Å²) in [6, 6.07) is 7.07. The van der Waals surface area contributed by atoms with Crippen molar-refractivity contribution in [3.05, 3.63) is 29.3 Å². The summed E-state index contributed by atoms with van der Waals surface area (Å²) in [7, 11) is 0. The van der Waals surface area contributed by atoms with Gasteiger partial charge >= 0.3 is 0 Å². The molecule has 20 heavy (non-hydrogen) atoms. The second-order valence-corrected chi connectivity index (χ2v) is 5.29. The van der Waals surface area contributed by atoms with Crippen LogP contribution in [-0.2, 0) is 9.53 Å². The van der Waals surface area contributed by atoms with Gasteiger partial charge in [-0.3, -0.25) is 4.79 Å². The Morgan fingerprint density at radius 2 is 2.45 bits per heavy atom. The van der Waals surface area contributed by atoms with Crippen LogP contribution in [0.1, 0.15) is 26.2 Å². The van der Waals surface area contributed by atoms with E-state index in [0.29, 0.717) is 23.7 Å². The maximum atomic E-state index is 12.1. The maximum Gasteiger partial charge on any atom is 0.261 e. The summed E-state index contributed by atoms with van der Waals surface area (Å²) in [6.07, 6.45) is 2.31. The normalized spacial score (nSPS) is 19.6. The van der Waals surface area contributed by atoms with Crippen LogP contribution < -0.4 is 10.1 Å². The minimum absolute atomic E-state index is 0.108. The van der Waals surface area contributed by atoms with Crippen LogP contribution in [-0.4, -0.2) is 31.3 Å². The fourth-order valence-corrected chi connectivity index (χ4v) is 2.34. The van der Waals surface area contributed by atoms with Gasteiger partial charge in [-0.05, 0) is 37.5 Å². The number of hydrogen-bond donors (Lipinski definition) is 1. The van der Waals surface area contributed by atoms with Crippen LogP contribution in [0.25, 0.3) is 0 Å². The number of nitrogens with one attached hydrogen (secondary N) is 1. The topological polar surface area (TPSA) is 47.6 Å². The third-order valence-corrected chi connectivity index (χ3v) is 3.50. The lowest BCUT2D eigenvalue weighted by Crippen LogP contribution is -2.41. The number of benzene rings is 1. The first-order valence-corrected chi connectivity index (χ1v) is 7.38. The Morgan fingerprint density at radius 1 is 1.60 bits per heavy atom. The molecule has 1 aromatic carbocycles. The number of halogens is 1. The Hall–Kier alpha value is -1.26. The van der Waals surface area contributed by atoms with Gasteiger partial charge in [-0.1, -0.05) is 24.6 Å². The summed E-state index contributed by atoms with van der Waals surface area (Å²) in [4.78, 5) is 12.1. The predicted octanol–water partition coefficient (Wildman–Crippen LogP) is 2.79. The van der Waals surface area contributed by atoms with Crippen molar-refractivity contribution in [1.82, 2.24) is 5.32 Å². The van der Waals surface area contributed by atoms with Gasteiger partial charge in [0.15, 0.2) is 6.10 Å². The SMILES string of the molecule is CCC(Oc1cccc(Cl)c1)C(=O)NCC1CCCO1. The van der Waals surface area contributed by atoms with Crippen molar-refractivity contribution in [2.45, 2.75) is 38.4 Å². The molecule has 0 radical (unpaired) electrons. The monoisotopic (exact) mass is 297 g/mol. The molecule has 1 aliphatic rings. The van der Waals surface area contributed by atoms with Crippen LogP contribution in [0.4, 0.5) is 0 Å². The van der Waals surface area contributed by atoms with E-state index in [0.717, 1.165) is 19.4 Å². The van der Waals surface area contributed by atoms with Crippen molar-refractivity contribution in [3.8, 4) is 5.75 Å². The Morgan fingerprint density at radius 3 is 3.10 bits per heavy atom. The predicted molar refractivity (Wildman–Crippen MR) is 78.1 cm³/mol. The highest BCUT2D eigenvalue weighted by atomic mass is 35.5. The van der Waals surface area contributed by atoms with Gasteiger partial charge in [0.1, 0.15) is 5.75 Å². The Balaban J connectivity index is 1.85. The zero-order valence-corrected chi connectivity index (χ0v) is 12.4. The van der Waals surface area contributed by atoms with Gasteiger partial charge in [0.2, 0.25) is 0 Å². The molecule has 0 saturated carbocycles. The lowest BCUT2D eigenvalue weighted by Gasteiger charge is -2.18. The van der Waals surface area contributed by atoms with E-state index in [1.807, 2.05) is 6.92 Å². The smallest absolute Gasteiger partial charge is 0.261 e. The molecule has 2 rings (SSSR count). The minimum Gasteiger partial charge on any atom is -0.481 e. The molecule has 2 unspecified atom stereocenters. The molecule has 1 saturated heterocycles. The quantitative estimate of drug-likeness (QED) is 0.878. The van der Waals surface area contributed by atoms with Crippen molar-refractivity contribution in [2.75, 3.05) is 13.2 Å². The maximum absolute atomic E-state index is 12.1. The van der Waals surface area contributed by atoms with Gasteiger partial charge in [-0.2, -0.15) is 0 Å². The summed E-state index contributed by atoms with van der Waals surface area (Å²) in [5.41, 5.74) is 0. The van der Waals surface area contributed by atoms with Crippen LogP contribution in [0.2, 0.25) is 5.02 Å². The van der Waals surface area contributed by atoms with E-state index in [1.54, 1.807) is 24.3 Å². The molecular formula is C15H20ClNO3. The molecule has 5 heteroatoms. The fraction of sp³-hybridized carbons (Fsp3) is 0.533. The van der Waals surface area contributed by atoms with Gasteiger partial charge in [-0.15, -0.1) is 0 Å². The average molecular weight is 298 g/mol. The number of hydrogen-bond acceptors (Lipinski definition) is 3. The molecule has 1 aromatic rings. The zero-order valence-electron chi connectivity index (χ0n) is 11.6. The highest BCUT2D eigenvalue weighted by Gasteiger charge is 2.21. The van der Waals surface area contributed by atoms with Crippen LogP contribution in [0, 0.1) is 0 Å². The molecule has 1 fully saturated rings. The lowest BCUT2D eigenvalue weighted by molar-refractivity contribution is -0.128. The fourth-order valence-electron chi connectivity index (χ4n) is 2.16. The average Bonchev–Trinajstić information content (AvgIpc) is 2.95. The lowest BCUT2D eigenvalue weighted by atomic mass is 10.2. The summed E-state index contributed by atoms with van der Waals surface area (Å²) in [6.45, 7) is 3.26. The molecule has 2 atom stereocenters. The Bertz CT molecular complexity index is 446. The third-order valence-electron chi connectivity index (χ3n) is 3.27. The zero-order chi connectivity index (χ0) is 14.4. The van der Waals surface area contributed by atoms with Gasteiger partial charge < -0.3 is 14.8 Å². The van der Waals surface area contributed by atoms with Gasteiger partial charge in [0.05, 0.1) is 6.10 Å². The molecule has 0 aromatic heterocycles. The number of rotatable bonds is 6. The molecule has 0 aliphatic carbocycles. The van der Waals surface area contributed by atoms with E-state index in [4.69, 9.17) is 21.1 Å². The number of amides is 1. The molecule has 4 nitrogen and oxygen atoms in total. The van der Waals surface area contributed by atoms with Gasteiger partial charge in [-0.25, -0.2) is 0 Å². The highest BCUT2D eigenvalue weighted by Crippen LogP contribution is 2.19. The molecule has 110 valence electrons. The summed E-state index contributed by atoms with van der Waals surface area (Å²) < 4.78 is 11.2. The molecular weight excluding hydrogens is 278 g/mol. The van der Waals surface area contributed by atoms with E-state index in [1.165, 1.54) is 0 Å². The van der Waals surface area contributed by atoms with E-state index in [-0.39, 0.29) is 12.0 Å². The van der Waals surface area contributed by atoms with Crippen molar-refractivity contribution in [3.63, 3.8) is 0 Å². The molecule has 0 bridgehead atoms. The summed E-state index contributed by atoms with van der Waals surface area (Å²) >= 11 is 5.90. The second kappa shape index (κ2) is 7.50. The van der Waals surface area contributed by atoms with Crippen LogP contribution in [0.3, 0.4) is 0 Å². The first-order chi connectivity index (χ1) is 9.69. The Kier molecular flexibility index (Phi) is 5.68. The summed E-state index contributed by atoms with van der Waals surface area (Å²) in [5, 5.41) is 3.48. The molecule has 1 heterocycles. The number of ether oxygens (including phenoxy) is 2. The van der Waals surface area contributed by atoms with E-state index < -0.39 is 6.10 Å². The highest BCUT2D eigenvalue weighted by molar-refractivity contribution is 6.30. The first kappa shape index (κ1) is 15.1. The standard InChI is InChI=1S/C15H20ClNO3/c1-2-14(20-12-6-3-5-11(16)9-12)15(18)17-10-13-7-4-8-19-13/h3,5-6,9,13-14H,2,4,7-8,10H2,1H3,(H,17,18). The Labute approximate surface area is 124 Å². The van der Waals surface area contributed by atoms with Crippen molar-refractivity contribution in [2.24, 2.45) is 0 Å². The molecule has 1 aliphatic heterocycles. The van der Waals surface area contributed by atoms with E-state index in [9.17, 15) is 4.79 Å². The minimum atomic E-state index is -0.505. The first-order valence-electron chi connectivity index (χ1n) is 7.00. The second-order valence-electron chi connectivity index (χ2n) is 4.85. The van der Waals surface area contributed by atoms with Crippen molar-refractivity contribution < 1.29 is 14.3 Å². The molecule has 1 N–H and O–H groups in total.